The Morgan fingerprint density at radius 2 is 1.92 bits per heavy atom. The minimum Gasteiger partial charge on any atom is -0.376 e. The molecule has 0 spiro atoms. The maximum Gasteiger partial charge on any atom is 0.416 e. The molecule has 1 heterocycles. The highest BCUT2D eigenvalue weighted by molar-refractivity contribution is 5.81. The maximum absolute atomic E-state index is 13.6. The Labute approximate surface area is 210 Å². The van der Waals surface area contributed by atoms with Gasteiger partial charge in [0.05, 0.1) is 12.1 Å². The first-order valence-corrected chi connectivity index (χ1v) is 12.1. The summed E-state index contributed by atoms with van der Waals surface area (Å²) in [5, 5.41) is 3.22. The van der Waals surface area contributed by atoms with Gasteiger partial charge in [-0.05, 0) is 42.3 Å². The first kappa shape index (κ1) is 27.7. The van der Waals surface area contributed by atoms with E-state index < -0.39 is 18.4 Å². The van der Waals surface area contributed by atoms with Crippen molar-refractivity contribution in [2.24, 2.45) is 0 Å². The van der Waals surface area contributed by atoms with Gasteiger partial charge in [0.15, 0.2) is 0 Å². The molecule has 0 aromatic heterocycles. The van der Waals surface area contributed by atoms with Crippen LogP contribution >= 0.6 is 0 Å². The minimum absolute atomic E-state index is 0.0312. The Bertz CT molecular complexity index is 1030. The van der Waals surface area contributed by atoms with Gasteiger partial charge in [0, 0.05) is 51.5 Å². The number of amides is 1. The second kappa shape index (κ2) is 12.9. The quantitative estimate of drug-likeness (QED) is 0.338. The standard InChI is InChI=1S/C27H34F4N4O/c1-3-13-34-14-11-21-8-6-10-25(23(21)20-34)32-18-26(36)35(17-16-33(2)15-12-28)19-22-7-4-5-9-24(22)27(29,30)31/h3-10,32H,1,11-20H2,2H3. The first-order valence-electron chi connectivity index (χ1n) is 12.1. The average molecular weight is 507 g/mol. The molecule has 0 saturated heterocycles. The van der Waals surface area contributed by atoms with Gasteiger partial charge >= 0.3 is 6.18 Å². The van der Waals surface area contributed by atoms with Gasteiger partial charge in [-0.3, -0.25) is 9.69 Å². The lowest BCUT2D eigenvalue weighted by molar-refractivity contribution is -0.139. The molecule has 1 aliphatic heterocycles. The number of likely N-dealkylation sites (N-methyl/N-ethyl adjacent to an activating group) is 1. The van der Waals surface area contributed by atoms with Crippen molar-refractivity contribution in [3.63, 3.8) is 0 Å². The average Bonchev–Trinajstić information content (AvgIpc) is 2.85. The zero-order valence-corrected chi connectivity index (χ0v) is 20.7. The van der Waals surface area contributed by atoms with Crippen LogP contribution in [-0.2, 0) is 30.5 Å². The van der Waals surface area contributed by atoms with Crippen molar-refractivity contribution in [2.75, 3.05) is 58.3 Å². The summed E-state index contributed by atoms with van der Waals surface area (Å²) in [6.45, 7) is 6.19. The monoisotopic (exact) mass is 506 g/mol. The van der Waals surface area contributed by atoms with Crippen LogP contribution < -0.4 is 5.32 Å². The van der Waals surface area contributed by atoms with Crippen molar-refractivity contribution in [2.45, 2.75) is 25.7 Å². The number of alkyl halides is 4. The number of nitrogens with zero attached hydrogens (tertiary/aromatic N) is 3. The fourth-order valence-corrected chi connectivity index (χ4v) is 4.40. The molecule has 1 amide bonds. The molecule has 196 valence electrons. The molecule has 0 atom stereocenters. The van der Waals surface area contributed by atoms with E-state index in [1.54, 1.807) is 11.9 Å². The van der Waals surface area contributed by atoms with E-state index in [9.17, 15) is 22.4 Å². The second-order valence-corrected chi connectivity index (χ2v) is 9.03. The van der Waals surface area contributed by atoms with Gasteiger partial charge in [-0.1, -0.05) is 36.4 Å². The van der Waals surface area contributed by atoms with Gasteiger partial charge in [0.25, 0.3) is 0 Å². The third-order valence-electron chi connectivity index (χ3n) is 6.42. The lowest BCUT2D eigenvalue weighted by atomic mass is 9.98. The highest BCUT2D eigenvalue weighted by Crippen LogP contribution is 2.32. The Morgan fingerprint density at radius 3 is 2.64 bits per heavy atom. The molecule has 0 fully saturated rings. The summed E-state index contributed by atoms with van der Waals surface area (Å²) in [5.41, 5.74) is 2.46. The SMILES string of the molecule is C=CCN1CCc2cccc(NCC(=O)N(CCN(C)CCF)Cc3ccccc3C(F)(F)F)c2C1. The molecule has 5 nitrogen and oxygen atoms in total. The molecular weight excluding hydrogens is 472 g/mol. The van der Waals surface area contributed by atoms with Crippen molar-refractivity contribution in [1.29, 1.82) is 0 Å². The van der Waals surface area contributed by atoms with Crippen molar-refractivity contribution >= 4 is 11.6 Å². The summed E-state index contributed by atoms with van der Waals surface area (Å²) < 4.78 is 53.4. The third-order valence-corrected chi connectivity index (χ3v) is 6.42. The molecule has 2 aromatic carbocycles. The van der Waals surface area contributed by atoms with E-state index in [4.69, 9.17) is 0 Å². The Morgan fingerprint density at radius 1 is 1.14 bits per heavy atom. The number of carbonyl (C=O) groups is 1. The molecular formula is C27H34F4N4O. The van der Waals surface area contributed by atoms with Gasteiger partial charge in [-0.15, -0.1) is 6.58 Å². The van der Waals surface area contributed by atoms with Crippen molar-refractivity contribution in [3.8, 4) is 0 Å². The molecule has 0 aliphatic carbocycles. The molecule has 36 heavy (non-hydrogen) atoms. The highest BCUT2D eigenvalue weighted by atomic mass is 19.4. The topological polar surface area (TPSA) is 38.8 Å². The van der Waals surface area contributed by atoms with Crippen molar-refractivity contribution in [3.05, 3.63) is 77.4 Å². The molecule has 0 bridgehead atoms. The third kappa shape index (κ3) is 7.54. The van der Waals surface area contributed by atoms with E-state index in [2.05, 4.69) is 22.9 Å². The fourth-order valence-electron chi connectivity index (χ4n) is 4.40. The number of benzene rings is 2. The molecule has 3 rings (SSSR count). The van der Waals surface area contributed by atoms with Gasteiger partial charge in [0.1, 0.15) is 6.67 Å². The zero-order chi connectivity index (χ0) is 26.1. The van der Waals surface area contributed by atoms with Crippen LogP contribution in [0.25, 0.3) is 0 Å². The predicted octanol–water partition coefficient (Wildman–Crippen LogP) is 4.59. The van der Waals surface area contributed by atoms with Gasteiger partial charge in [0.2, 0.25) is 5.91 Å². The molecule has 0 radical (unpaired) electrons. The number of fused-ring (bicyclic) bond motifs is 1. The van der Waals surface area contributed by atoms with Gasteiger partial charge < -0.3 is 15.1 Å². The molecule has 9 heteroatoms. The van der Waals surface area contributed by atoms with E-state index in [0.717, 1.165) is 43.4 Å². The van der Waals surface area contributed by atoms with Crippen LogP contribution in [0.4, 0.5) is 23.2 Å². The Hall–Kier alpha value is -2.91. The van der Waals surface area contributed by atoms with E-state index in [1.807, 2.05) is 18.2 Å². The largest absolute Gasteiger partial charge is 0.416 e. The second-order valence-electron chi connectivity index (χ2n) is 9.03. The normalized spacial score (nSPS) is 13.9. The van der Waals surface area contributed by atoms with Crippen LogP contribution in [0.2, 0.25) is 0 Å². The number of halogens is 4. The highest BCUT2D eigenvalue weighted by Gasteiger charge is 2.33. The number of hydrogen-bond acceptors (Lipinski definition) is 4. The van der Waals surface area contributed by atoms with Crippen molar-refractivity contribution < 1.29 is 22.4 Å². The summed E-state index contributed by atoms with van der Waals surface area (Å²) in [4.78, 5) is 18.6. The maximum atomic E-state index is 13.6. The number of carbonyl (C=O) groups excluding carboxylic acids is 1. The van der Waals surface area contributed by atoms with E-state index in [-0.39, 0.29) is 37.6 Å². The van der Waals surface area contributed by atoms with Crippen LogP contribution in [0, 0.1) is 0 Å². The lowest BCUT2D eigenvalue weighted by Gasteiger charge is -2.30. The molecule has 2 aromatic rings. The molecule has 0 unspecified atom stereocenters. The van der Waals surface area contributed by atoms with E-state index in [1.165, 1.54) is 28.7 Å². The summed E-state index contributed by atoms with van der Waals surface area (Å²) >= 11 is 0. The van der Waals surface area contributed by atoms with Crippen LogP contribution in [0.3, 0.4) is 0 Å². The summed E-state index contributed by atoms with van der Waals surface area (Å²) in [5.74, 6) is -0.322. The van der Waals surface area contributed by atoms with E-state index in [0.29, 0.717) is 6.54 Å². The summed E-state index contributed by atoms with van der Waals surface area (Å²) in [6.07, 6.45) is -1.76. The summed E-state index contributed by atoms with van der Waals surface area (Å²) in [6, 6.07) is 11.2. The Balaban J connectivity index is 1.76. The molecule has 1 N–H and O–H groups in total. The predicted molar refractivity (Wildman–Crippen MR) is 134 cm³/mol. The van der Waals surface area contributed by atoms with Gasteiger partial charge in [-0.2, -0.15) is 13.2 Å². The van der Waals surface area contributed by atoms with Crippen LogP contribution in [0.15, 0.2) is 55.1 Å². The van der Waals surface area contributed by atoms with Crippen molar-refractivity contribution in [1.82, 2.24) is 14.7 Å². The first-order chi connectivity index (χ1) is 17.2. The minimum atomic E-state index is -4.52. The van der Waals surface area contributed by atoms with Crippen LogP contribution in [0.1, 0.15) is 22.3 Å². The number of nitrogens with one attached hydrogen (secondary N) is 1. The number of anilines is 1. The van der Waals surface area contributed by atoms with Crippen LogP contribution in [-0.4, -0.2) is 73.6 Å². The van der Waals surface area contributed by atoms with Crippen LogP contribution in [0.5, 0.6) is 0 Å². The number of hydrogen-bond donors (Lipinski definition) is 1. The fraction of sp³-hybridized carbons (Fsp3) is 0.444. The molecule has 0 saturated carbocycles. The number of rotatable bonds is 12. The zero-order valence-electron chi connectivity index (χ0n) is 20.7. The summed E-state index contributed by atoms with van der Waals surface area (Å²) in [7, 11) is 1.72. The van der Waals surface area contributed by atoms with Gasteiger partial charge in [-0.25, -0.2) is 4.39 Å². The smallest absolute Gasteiger partial charge is 0.376 e. The Kier molecular flexibility index (Phi) is 9.89. The lowest BCUT2D eigenvalue weighted by Crippen LogP contribution is -2.41. The molecule has 1 aliphatic rings. The van der Waals surface area contributed by atoms with E-state index >= 15 is 0 Å².